The lowest BCUT2D eigenvalue weighted by atomic mass is 9.74. The molecule has 1 atom stereocenters. The number of hydrogen-bond acceptors (Lipinski definition) is 3. The van der Waals surface area contributed by atoms with Gasteiger partial charge in [0.15, 0.2) is 0 Å². The van der Waals surface area contributed by atoms with E-state index in [0.29, 0.717) is 0 Å². The van der Waals surface area contributed by atoms with Crippen molar-refractivity contribution >= 4 is 0 Å². The van der Waals surface area contributed by atoms with Gasteiger partial charge in [-0.1, -0.05) is 19.9 Å². The lowest BCUT2D eigenvalue weighted by molar-refractivity contribution is 0.252. The number of hydrogen-bond donors (Lipinski definition) is 1. The average molecular weight is 381 g/mol. The second-order valence-corrected chi connectivity index (χ2v) is 8.51. The Morgan fingerprint density at radius 1 is 1.32 bits per heavy atom. The average Bonchev–Trinajstić information content (AvgIpc) is 3.22. The van der Waals surface area contributed by atoms with Crippen LogP contribution in [0.1, 0.15) is 55.7 Å². The van der Waals surface area contributed by atoms with Gasteiger partial charge in [-0.25, -0.2) is 9.07 Å². The minimum absolute atomic E-state index is 0.137. The van der Waals surface area contributed by atoms with Gasteiger partial charge in [-0.2, -0.15) is 10.2 Å². The summed E-state index contributed by atoms with van der Waals surface area (Å²) in [6, 6.07) is 6.86. The number of aromatic nitrogens is 4. The van der Waals surface area contributed by atoms with E-state index in [1.54, 1.807) is 12.1 Å². The maximum absolute atomic E-state index is 13.7. The number of fused-ring (bicyclic) bond motifs is 1. The van der Waals surface area contributed by atoms with Crippen LogP contribution in [0, 0.1) is 18.2 Å². The van der Waals surface area contributed by atoms with E-state index < -0.39 is 0 Å². The molecule has 1 N–H and O–H groups in total. The molecule has 0 aliphatic heterocycles. The second-order valence-electron chi connectivity index (χ2n) is 8.51. The fourth-order valence-electron chi connectivity index (χ4n) is 4.18. The van der Waals surface area contributed by atoms with Gasteiger partial charge < -0.3 is 5.32 Å². The van der Waals surface area contributed by atoms with Gasteiger partial charge in [0, 0.05) is 42.1 Å². The molecule has 1 aromatic carbocycles. The molecule has 0 bridgehead atoms. The molecule has 5 nitrogen and oxygen atoms in total. The molecule has 6 heteroatoms. The van der Waals surface area contributed by atoms with Crippen molar-refractivity contribution in [3.63, 3.8) is 0 Å². The third kappa shape index (κ3) is 3.61. The predicted molar refractivity (Wildman–Crippen MR) is 108 cm³/mol. The SMILES string of the molecule is CCn1cc(CNC2CC(C)(C)Cc3c2cnn3-c2cccc(F)c2)c(C)n1. The molecule has 1 unspecified atom stereocenters. The summed E-state index contributed by atoms with van der Waals surface area (Å²) in [5, 5.41) is 12.9. The number of nitrogens with zero attached hydrogens (tertiary/aromatic N) is 4. The van der Waals surface area contributed by atoms with Gasteiger partial charge in [-0.3, -0.25) is 4.68 Å². The van der Waals surface area contributed by atoms with E-state index >= 15 is 0 Å². The van der Waals surface area contributed by atoms with Crippen LogP contribution in [0.3, 0.4) is 0 Å². The standard InChI is InChI=1S/C22H28FN5/c1-5-27-14-16(15(2)26-27)12-24-20-10-22(3,4)11-21-19(20)13-25-28(21)18-8-6-7-17(23)9-18/h6-9,13-14,20,24H,5,10-12H2,1-4H3. The largest absolute Gasteiger partial charge is 0.306 e. The number of rotatable bonds is 5. The molecule has 0 fully saturated rings. The van der Waals surface area contributed by atoms with E-state index in [4.69, 9.17) is 0 Å². The van der Waals surface area contributed by atoms with Gasteiger partial charge in [-0.15, -0.1) is 0 Å². The summed E-state index contributed by atoms with van der Waals surface area (Å²) in [7, 11) is 0. The monoisotopic (exact) mass is 381 g/mol. The molecular weight excluding hydrogens is 353 g/mol. The maximum Gasteiger partial charge on any atom is 0.125 e. The van der Waals surface area contributed by atoms with Gasteiger partial charge >= 0.3 is 0 Å². The van der Waals surface area contributed by atoms with Crippen molar-refractivity contribution in [1.82, 2.24) is 24.9 Å². The normalized spacial score (nSPS) is 18.2. The Hall–Kier alpha value is -2.47. The van der Waals surface area contributed by atoms with Gasteiger partial charge in [0.2, 0.25) is 0 Å². The first-order chi connectivity index (χ1) is 13.4. The van der Waals surface area contributed by atoms with E-state index in [2.05, 4.69) is 49.4 Å². The molecule has 1 aliphatic rings. The van der Waals surface area contributed by atoms with Crippen molar-refractivity contribution in [3.8, 4) is 5.69 Å². The molecule has 28 heavy (non-hydrogen) atoms. The van der Waals surface area contributed by atoms with Crippen molar-refractivity contribution in [2.75, 3.05) is 0 Å². The van der Waals surface area contributed by atoms with Crippen molar-refractivity contribution in [2.24, 2.45) is 5.41 Å². The number of nitrogens with one attached hydrogen (secondary N) is 1. The molecule has 2 aromatic heterocycles. The highest BCUT2D eigenvalue weighted by Gasteiger charge is 2.35. The highest BCUT2D eigenvalue weighted by molar-refractivity contribution is 5.38. The molecule has 0 saturated heterocycles. The first-order valence-corrected chi connectivity index (χ1v) is 9.95. The fourth-order valence-corrected chi connectivity index (χ4v) is 4.18. The van der Waals surface area contributed by atoms with E-state index in [-0.39, 0.29) is 17.3 Å². The van der Waals surface area contributed by atoms with Crippen molar-refractivity contribution in [1.29, 1.82) is 0 Å². The van der Waals surface area contributed by atoms with Crippen LogP contribution >= 0.6 is 0 Å². The summed E-state index contributed by atoms with van der Waals surface area (Å²) < 4.78 is 17.6. The minimum atomic E-state index is -0.241. The van der Waals surface area contributed by atoms with Crippen LogP contribution in [-0.4, -0.2) is 19.6 Å². The molecular formula is C22H28FN5. The van der Waals surface area contributed by atoms with Crippen LogP contribution in [0.5, 0.6) is 0 Å². The summed E-state index contributed by atoms with van der Waals surface area (Å²) in [5.41, 5.74) is 5.59. The van der Waals surface area contributed by atoms with E-state index in [9.17, 15) is 4.39 Å². The lowest BCUT2D eigenvalue weighted by Gasteiger charge is -2.36. The second kappa shape index (κ2) is 7.17. The highest BCUT2D eigenvalue weighted by atomic mass is 19.1. The third-order valence-corrected chi connectivity index (χ3v) is 5.64. The Morgan fingerprint density at radius 2 is 2.14 bits per heavy atom. The smallest absolute Gasteiger partial charge is 0.125 e. The molecule has 0 saturated carbocycles. The summed E-state index contributed by atoms with van der Waals surface area (Å²) >= 11 is 0. The molecule has 148 valence electrons. The number of benzene rings is 1. The Labute approximate surface area is 165 Å². The van der Waals surface area contributed by atoms with Crippen molar-refractivity contribution in [2.45, 2.75) is 59.7 Å². The minimum Gasteiger partial charge on any atom is -0.306 e. The molecule has 0 radical (unpaired) electrons. The van der Waals surface area contributed by atoms with E-state index in [1.165, 1.54) is 22.9 Å². The summed E-state index contributed by atoms with van der Waals surface area (Å²) in [6.45, 7) is 10.4. The zero-order chi connectivity index (χ0) is 19.9. The van der Waals surface area contributed by atoms with Crippen LogP contribution in [0.15, 0.2) is 36.7 Å². The van der Waals surface area contributed by atoms with Gasteiger partial charge in [0.25, 0.3) is 0 Å². The molecule has 3 aromatic rings. The number of aryl methyl sites for hydroxylation is 2. The van der Waals surface area contributed by atoms with Crippen molar-refractivity contribution < 1.29 is 4.39 Å². The quantitative estimate of drug-likeness (QED) is 0.715. The predicted octanol–water partition coefficient (Wildman–Crippen LogP) is 4.34. The van der Waals surface area contributed by atoms with Crippen LogP contribution in [0.2, 0.25) is 0 Å². The van der Waals surface area contributed by atoms with E-state index in [0.717, 1.165) is 37.3 Å². The van der Waals surface area contributed by atoms with Crippen LogP contribution in [0.4, 0.5) is 4.39 Å². The zero-order valence-corrected chi connectivity index (χ0v) is 17.0. The van der Waals surface area contributed by atoms with Gasteiger partial charge in [0.05, 0.1) is 17.6 Å². The first-order valence-electron chi connectivity index (χ1n) is 9.95. The summed E-state index contributed by atoms with van der Waals surface area (Å²) in [6.07, 6.45) is 6.02. The first kappa shape index (κ1) is 18.9. The molecule has 2 heterocycles. The van der Waals surface area contributed by atoms with E-state index in [1.807, 2.05) is 21.6 Å². The highest BCUT2D eigenvalue weighted by Crippen LogP contribution is 2.41. The molecule has 1 aliphatic carbocycles. The fraction of sp³-hybridized carbons (Fsp3) is 0.455. The topological polar surface area (TPSA) is 47.7 Å². The molecule has 0 amide bonds. The summed E-state index contributed by atoms with van der Waals surface area (Å²) in [4.78, 5) is 0. The lowest BCUT2D eigenvalue weighted by Crippen LogP contribution is -2.33. The van der Waals surface area contributed by atoms with Crippen LogP contribution < -0.4 is 5.32 Å². The Balaban J connectivity index is 1.63. The summed E-state index contributed by atoms with van der Waals surface area (Å²) in [5.74, 6) is -0.241. The maximum atomic E-state index is 13.7. The van der Waals surface area contributed by atoms with Gasteiger partial charge in [0.1, 0.15) is 5.82 Å². The Kier molecular flexibility index (Phi) is 4.83. The van der Waals surface area contributed by atoms with Crippen molar-refractivity contribution in [3.05, 3.63) is 65.0 Å². The van der Waals surface area contributed by atoms with Crippen LogP contribution in [0.25, 0.3) is 5.69 Å². The Bertz CT molecular complexity index is 985. The number of halogens is 1. The Morgan fingerprint density at radius 3 is 2.86 bits per heavy atom. The molecule has 4 rings (SSSR count). The van der Waals surface area contributed by atoms with Crippen LogP contribution in [-0.2, 0) is 19.5 Å². The third-order valence-electron chi connectivity index (χ3n) is 5.64. The molecule has 0 spiro atoms. The zero-order valence-electron chi connectivity index (χ0n) is 17.0. The van der Waals surface area contributed by atoms with Gasteiger partial charge in [-0.05, 0) is 50.3 Å².